The van der Waals surface area contributed by atoms with Crippen molar-refractivity contribution < 1.29 is 9.53 Å². The van der Waals surface area contributed by atoms with Gasteiger partial charge in [-0.05, 0) is 52.0 Å². The molecule has 0 aliphatic carbocycles. The molecular formula is C16H21N3O2S. The molecule has 1 amide bonds. The molecule has 0 fully saturated rings. The molecule has 1 aromatic heterocycles. The van der Waals surface area contributed by atoms with Gasteiger partial charge in [0.05, 0.1) is 17.2 Å². The Balaban J connectivity index is 1.86. The van der Waals surface area contributed by atoms with Crippen LogP contribution in [-0.4, -0.2) is 16.7 Å². The number of amides is 1. The summed E-state index contributed by atoms with van der Waals surface area (Å²) in [6.45, 7) is 8.17. The number of anilines is 2. The normalized spacial score (nSPS) is 11.1. The fraction of sp³-hybridized carbons (Fsp3) is 0.375. The molecule has 0 saturated heterocycles. The van der Waals surface area contributed by atoms with E-state index in [0.29, 0.717) is 12.2 Å². The van der Waals surface area contributed by atoms with Crippen LogP contribution in [0.4, 0.5) is 16.2 Å². The molecule has 2 N–H and O–H groups in total. The second kappa shape index (κ2) is 6.79. The first-order valence-electron chi connectivity index (χ1n) is 7.07. The van der Waals surface area contributed by atoms with Crippen LogP contribution < -0.4 is 10.6 Å². The Morgan fingerprint density at radius 2 is 1.86 bits per heavy atom. The monoisotopic (exact) mass is 319 g/mol. The summed E-state index contributed by atoms with van der Waals surface area (Å²) in [5.74, 6) is 0. The average Bonchev–Trinajstić information content (AvgIpc) is 2.81. The van der Waals surface area contributed by atoms with Gasteiger partial charge in [-0.3, -0.25) is 5.32 Å². The van der Waals surface area contributed by atoms with E-state index >= 15 is 0 Å². The third-order valence-corrected chi connectivity index (χ3v) is 3.49. The number of aryl methyl sites for hydroxylation is 1. The first kappa shape index (κ1) is 16.3. The summed E-state index contributed by atoms with van der Waals surface area (Å²) in [5.41, 5.74) is 2.19. The number of hydrogen-bond acceptors (Lipinski definition) is 5. The van der Waals surface area contributed by atoms with E-state index in [1.54, 1.807) is 11.3 Å². The molecule has 2 aromatic rings. The number of nitrogens with zero attached hydrogens (tertiary/aromatic N) is 1. The third kappa shape index (κ3) is 5.37. The maximum absolute atomic E-state index is 11.7. The van der Waals surface area contributed by atoms with Gasteiger partial charge in [-0.1, -0.05) is 0 Å². The van der Waals surface area contributed by atoms with Crippen molar-refractivity contribution in [2.45, 2.75) is 39.8 Å². The highest BCUT2D eigenvalue weighted by molar-refractivity contribution is 7.09. The van der Waals surface area contributed by atoms with Crippen LogP contribution >= 0.6 is 11.3 Å². The molecule has 1 heterocycles. The minimum Gasteiger partial charge on any atom is -0.444 e. The summed E-state index contributed by atoms with van der Waals surface area (Å²) in [6, 6.07) is 7.48. The Bertz CT molecular complexity index is 630. The Morgan fingerprint density at radius 3 is 2.41 bits per heavy atom. The van der Waals surface area contributed by atoms with Crippen LogP contribution in [0.3, 0.4) is 0 Å². The molecule has 1 aromatic carbocycles. The molecule has 6 heteroatoms. The molecule has 5 nitrogen and oxygen atoms in total. The Morgan fingerprint density at radius 1 is 1.23 bits per heavy atom. The first-order valence-corrected chi connectivity index (χ1v) is 7.95. The molecule has 0 aliphatic heterocycles. The maximum Gasteiger partial charge on any atom is 0.412 e. The maximum atomic E-state index is 11.7. The minimum atomic E-state index is -0.503. The van der Waals surface area contributed by atoms with Crippen LogP contribution in [-0.2, 0) is 11.3 Å². The molecule has 118 valence electrons. The molecule has 2 rings (SSSR count). The Hall–Kier alpha value is -2.08. The summed E-state index contributed by atoms with van der Waals surface area (Å²) in [7, 11) is 0. The lowest BCUT2D eigenvalue weighted by Crippen LogP contribution is -2.27. The van der Waals surface area contributed by atoms with E-state index in [1.165, 1.54) is 0 Å². The van der Waals surface area contributed by atoms with E-state index in [0.717, 1.165) is 16.4 Å². The predicted octanol–water partition coefficient (Wildman–Crippen LogP) is 4.41. The van der Waals surface area contributed by atoms with Crippen molar-refractivity contribution in [2.24, 2.45) is 0 Å². The van der Waals surface area contributed by atoms with Gasteiger partial charge < -0.3 is 10.1 Å². The number of nitrogens with one attached hydrogen (secondary N) is 2. The summed E-state index contributed by atoms with van der Waals surface area (Å²) in [4.78, 5) is 16.1. The SMILES string of the molecule is Cc1nc(CNc2ccc(NC(=O)OC(C)(C)C)cc2)cs1. The zero-order valence-electron chi connectivity index (χ0n) is 13.3. The first-order chi connectivity index (χ1) is 10.3. The second-order valence-corrected chi connectivity index (χ2v) is 6.98. The Kier molecular flexibility index (Phi) is 5.03. The lowest BCUT2D eigenvalue weighted by atomic mass is 10.2. The van der Waals surface area contributed by atoms with Gasteiger partial charge in [-0.15, -0.1) is 11.3 Å². The van der Waals surface area contributed by atoms with Crippen molar-refractivity contribution in [1.29, 1.82) is 0 Å². The van der Waals surface area contributed by atoms with Crippen molar-refractivity contribution in [2.75, 3.05) is 10.6 Å². The van der Waals surface area contributed by atoms with Crippen LogP contribution in [0, 0.1) is 6.92 Å². The lowest BCUT2D eigenvalue weighted by Gasteiger charge is -2.19. The topological polar surface area (TPSA) is 63.2 Å². The number of rotatable bonds is 4. The molecule has 22 heavy (non-hydrogen) atoms. The van der Waals surface area contributed by atoms with E-state index < -0.39 is 11.7 Å². The fourth-order valence-electron chi connectivity index (χ4n) is 1.77. The number of thiazole rings is 1. The second-order valence-electron chi connectivity index (χ2n) is 5.92. The number of ether oxygens (including phenoxy) is 1. The van der Waals surface area contributed by atoms with E-state index in [9.17, 15) is 4.79 Å². The van der Waals surface area contributed by atoms with Gasteiger partial charge in [0, 0.05) is 16.8 Å². The summed E-state index contributed by atoms with van der Waals surface area (Å²) in [5, 5.41) is 9.10. The summed E-state index contributed by atoms with van der Waals surface area (Å²) < 4.78 is 5.21. The Labute approximate surface area is 134 Å². The van der Waals surface area contributed by atoms with Crippen molar-refractivity contribution in [3.05, 3.63) is 40.3 Å². The van der Waals surface area contributed by atoms with Crippen molar-refractivity contribution in [1.82, 2.24) is 4.98 Å². The van der Waals surface area contributed by atoms with Crippen LogP contribution in [0.5, 0.6) is 0 Å². The molecule has 0 bridgehead atoms. The third-order valence-electron chi connectivity index (χ3n) is 2.67. The highest BCUT2D eigenvalue weighted by Gasteiger charge is 2.15. The van der Waals surface area contributed by atoms with Crippen LogP contribution in [0.2, 0.25) is 0 Å². The highest BCUT2D eigenvalue weighted by Crippen LogP contribution is 2.16. The zero-order chi connectivity index (χ0) is 16.2. The van der Waals surface area contributed by atoms with E-state index in [2.05, 4.69) is 15.6 Å². The molecular weight excluding hydrogens is 298 g/mol. The molecule has 0 saturated carbocycles. The average molecular weight is 319 g/mol. The van der Waals surface area contributed by atoms with Gasteiger partial charge in [0.1, 0.15) is 5.60 Å². The molecule has 0 radical (unpaired) electrons. The molecule has 0 atom stereocenters. The van der Waals surface area contributed by atoms with E-state index in [1.807, 2.05) is 57.3 Å². The predicted molar refractivity (Wildman–Crippen MR) is 90.5 cm³/mol. The van der Waals surface area contributed by atoms with Gasteiger partial charge in [0.25, 0.3) is 0 Å². The summed E-state index contributed by atoms with van der Waals surface area (Å²) in [6.07, 6.45) is -0.453. The van der Waals surface area contributed by atoms with Crippen LogP contribution in [0.1, 0.15) is 31.5 Å². The van der Waals surface area contributed by atoms with Crippen LogP contribution in [0.25, 0.3) is 0 Å². The molecule has 0 spiro atoms. The van der Waals surface area contributed by atoms with Gasteiger partial charge in [0.15, 0.2) is 0 Å². The zero-order valence-corrected chi connectivity index (χ0v) is 14.1. The van der Waals surface area contributed by atoms with Gasteiger partial charge in [-0.2, -0.15) is 0 Å². The standard InChI is InChI=1S/C16H21N3O2S/c1-11-18-14(10-22-11)9-17-12-5-7-13(8-6-12)19-15(20)21-16(2,3)4/h5-8,10,17H,9H2,1-4H3,(H,19,20). The smallest absolute Gasteiger partial charge is 0.412 e. The highest BCUT2D eigenvalue weighted by atomic mass is 32.1. The minimum absolute atomic E-state index is 0.453. The fourth-order valence-corrected chi connectivity index (χ4v) is 2.39. The largest absolute Gasteiger partial charge is 0.444 e. The quantitative estimate of drug-likeness (QED) is 0.876. The van der Waals surface area contributed by atoms with E-state index in [-0.39, 0.29) is 0 Å². The number of hydrogen-bond donors (Lipinski definition) is 2. The van der Waals surface area contributed by atoms with Crippen molar-refractivity contribution in [3.8, 4) is 0 Å². The molecule has 0 aliphatic rings. The number of carbonyl (C=O) groups excluding carboxylic acids is 1. The molecule has 0 unspecified atom stereocenters. The van der Waals surface area contributed by atoms with Crippen LogP contribution in [0.15, 0.2) is 29.6 Å². The van der Waals surface area contributed by atoms with Crippen molar-refractivity contribution >= 4 is 28.8 Å². The number of aromatic nitrogens is 1. The van der Waals surface area contributed by atoms with Crippen molar-refractivity contribution in [3.63, 3.8) is 0 Å². The lowest BCUT2D eigenvalue weighted by molar-refractivity contribution is 0.0636. The van der Waals surface area contributed by atoms with Gasteiger partial charge >= 0.3 is 6.09 Å². The number of carbonyl (C=O) groups is 1. The van der Waals surface area contributed by atoms with Gasteiger partial charge in [0.2, 0.25) is 0 Å². The number of benzene rings is 1. The van der Waals surface area contributed by atoms with Gasteiger partial charge in [-0.25, -0.2) is 9.78 Å². The van der Waals surface area contributed by atoms with E-state index in [4.69, 9.17) is 4.74 Å². The summed E-state index contributed by atoms with van der Waals surface area (Å²) >= 11 is 1.64.